The van der Waals surface area contributed by atoms with Gasteiger partial charge in [-0.3, -0.25) is 14.4 Å². The van der Waals surface area contributed by atoms with Crippen LogP contribution in [0.25, 0.3) is 11.3 Å². The minimum absolute atomic E-state index is 0.0359. The van der Waals surface area contributed by atoms with Gasteiger partial charge in [0.1, 0.15) is 0 Å². The molecule has 2 aromatic rings. The summed E-state index contributed by atoms with van der Waals surface area (Å²) >= 11 is 2.68. The second kappa shape index (κ2) is 15.0. The lowest BCUT2D eigenvalue weighted by Crippen LogP contribution is -2.39. The molecule has 1 N–H and O–H groups in total. The van der Waals surface area contributed by atoms with Gasteiger partial charge in [0.05, 0.1) is 42.9 Å². The van der Waals surface area contributed by atoms with Crippen LogP contribution in [0, 0.1) is 0 Å². The molecule has 0 spiro atoms. The smallest absolute Gasteiger partial charge is 0.390 e. The van der Waals surface area contributed by atoms with Gasteiger partial charge in [-0.1, -0.05) is 12.5 Å². The Labute approximate surface area is 260 Å². The number of benzene rings is 1. The van der Waals surface area contributed by atoms with Crippen molar-refractivity contribution in [2.75, 3.05) is 76.8 Å². The fraction of sp³-hybridized carbons (Fsp3) is 0.667. The van der Waals surface area contributed by atoms with Crippen LogP contribution in [-0.2, 0) is 35.2 Å². The fourth-order valence-corrected chi connectivity index (χ4v) is 7.68. The van der Waals surface area contributed by atoms with Crippen LogP contribution in [0.2, 0.25) is 0 Å². The Bertz CT molecular complexity index is 1230. The van der Waals surface area contributed by atoms with E-state index in [0.29, 0.717) is 75.1 Å². The minimum Gasteiger partial charge on any atom is -0.390 e. The number of carbonyl (C=O) groups excluding carboxylic acids is 1. The highest BCUT2D eigenvalue weighted by Gasteiger charge is 2.35. The summed E-state index contributed by atoms with van der Waals surface area (Å²) in [7, 11) is 0. The number of thioether (sulfide) groups is 2. The Morgan fingerprint density at radius 3 is 2.56 bits per heavy atom. The van der Waals surface area contributed by atoms with E-state index in [9.17, 15) is 23.1 Å². The number of carbonyl (C=O) groups is 1. The highest BCUT2D eigenvalue weighted by atomic mass is 32.2. The van der Waals surface area contributed by atoms with Crippen molar-refractivity contribution < 1.29 is 27.8 Å². The number of nitrogens with zero attached hydrogens (tertiary/aromatic N) is 5. The van der Waals surface area contributed by atoms with E-state index in [1.165, 1.54) is 36.0 Å². The van der Waals surface area contributed by atoms with Crippen LogP contribution >= 0.6 is 23.5 Å². The number of halogens is 3. The lowest BCUT2D eigenvalue weighted by Gasteiger charge is -2.30. The molecule has 0 bridgehead atoms. The first kappa shape index (κ1) is 32.6. The Hall–Kier alpha value is -1.77. The molecule has 8 nitrogen and oxygen atoms in total. The number of likely N-dealkylation sites (tertiary alicyclic amines) is 1. The number of aromatic nitrogens is 2. The van der Waals surface area contributed by atoms with E-state index in [2.05, 4.69) is 9.80 Å². The molecule has 43 heavy (non-hydrogen) atoms. The van der Waals surface area contributed by atoms with E-state index in [1.54, 1.807) is 11.0 Å². The number of piperidine rings is 1. The van der Waals surface area contributed by atoms with E-state index < -0.39 is 17.8 Å². The molecule has 1 unspecified atom stereocenters. The van der Waals surface area contributed by atoms with Gasteiger partial charge < -0.3 is 19.6 Å². The second-order valence-electron chi connectivity index (χ2n) is 11.5. The highest BCUT2D eigenvalue weighted by molar-refractivity contribution is 7.99. The first-order valence-corrected chi connectivity index (χ1v) is 17.5. The molecule has 3 aliphatic rings. The molecule has 2 saturated heterocycles. The van der Waals surface area contributed by atoms with E-state index in [-0.39, 0.29) is 10.8 Å². The molecule has 5 rings (SSSR count). The maximum absolute atomic E-state index is 14.1. The third kappa shape index (κ3) is 8.49. The number of morpholine rings is 1. The van der Waals surface area contributed by atoms with E-state index in [1.807, 2.05) is 10.9 Å². The first-order valence-electron chi connectivity index (χ1n) is 15.1. The maximum atomic E-state index is 14.1. The SMILES string of the molecule is CSCC(=O)N1CCc2c(c(-c3ccc(C(F)(F)F)c(SCCN4CCOCC4)c3)nn2CC(O)CN2CCCCC2)C1. The number of rotatable bonds is 11. The van der Waals surface area contributed by atoms with E-state index >= 15 is 0 Å². The number of aliphatic hydroxyl groups excluding tert-OH is 1. The summed E-state index contributed by atoms with van der Waals surface area (Å²) in [5, 5.41) is 15.9. The summed E-state index contributed by atoms with van der Waals surface area (Å²) in [5.41, 5.74) is 2.34. The molecule has 2 fully saturated rings. The molecular weight excluding hydrogens is 599 g/mol. The van der Waals surface area contributed by atoms with Gasteiger partial charge in [0.25, 0.3) is 0 Å². The zero-order valence-electron chi connectivity index (χ0n) is 24.8. The normalized spacial score (nSPS) is 19.4. The summed E-state index contributed by atoms with van der Waals surface area (Å²) in [6, 6.07) is 4.25. The Morgan fingerprint density at radius 1 is 1.07 bits per heavy atom. The molecule has 3 aliphatic heterocycles. The van der Waals surface area contributed by atoms with E-state index in [0.717, 1.165) is 56.3 Å². The first-order chi connectivity index (χ1) is 20.7. The van der Waals surface area contributed by atoms with Crippen molar-refractivity contribution in [2.24, 2.45) is 0 Å². The second-order valence-corrected chi connectivity index (χ2v) is 13.5. The predicted molar refractivity (Wildman–Crippen MR) is 164 cm³/mol. The van der Waals surface area contributed by atoms with Crippen molar-refractivity contribution in [3.8, 4) is 11.3 Å². The van der Waals surface area contributed by atoms with Gasteiger partial charge in [-0.15, -0.1) is 11.8 Å². The largest absolute Gasteiger partial charge is 0.417 e. The molecule has 0 radical (unpaired) electrons. The molecule has 4 heterocycles. The molecule has 13 heteroatoms. The Balaban J connectivity index is 1.42. The van der Waals surface area contributed by atoms with Gasteiger partial charge in [0, 0.05) is 73.2 Å². The number of aliphatic hydroxyl groups is 1. The number of hydrogen-bond acceptors (Lipinski definition) is 8. The quantitative estimate of drug-likeness (QED) is 0.368. The molecule has 0 saturated carbocycles. The minimum atomic E-state index is -4.47. The third-order valence-corrected chi connectivity index (χ3v) is 9.96. The van der Waals surface area contributed by atoms with Crippen molar-refractivity contribution in [3.63, 3.8) is 0 Å². The average molecular weight is 642 g/mol. The van der Waals surface area contributed by atoms with Crippen molar-refractivity contribution in [1.82, 2.24) is 24.5 Å². The highest BCUT2D eigenvalue weighted by Crippen LogP contribution is 2.40. The van der Waals surface area contributed by atoms with Crippen LogP contribution < -0.4 is 0 Å². The van der Waals surface area contributed by atoms with Crippen LogP contribution in [0.4, 0.5) is 13.2 Å². The molecule has 0 aliphatic carbocycles. The average Bonchev–Trinajstić information content (AvgIpc) is 3.35. The van der Waals surface area contributed by atoms with Crippen molar-refractivity contribution in [2.45, 2.75) is 55.9 Å². The number of fused-ring (bicyclic) bond motifs is 1. The van der Waals surface area contributed by atoms with Crippen LogP contribution in [0.3, 0.4) is 0 Å². The lowest BCUT2D eigenvalue weighted by molar-refractivity contribution is -0.139. The molecule has 1 amide bonds. The molecular formula is C30H42F3N5O3S2. The summed E-state index contributed by atoms with van der Waals surface area (Å²) < 4.78 is 49.4. The number of hydrogen-bond donors (Lipinski definition) is 1. The van der Waals surface area contributed by atoms with Crippen LogP contribution in [0.5, 0.6) is 0 Å². The topological polar surface area (TPSA) is 74.1 Å². The number of amides is 1. The number of β-amino-alcohol motifs (C(OH)–C–C–N with tert-alkyl or cyclic N) is 1. The fourth-order valence-electron chi connectivity index (χ4n) is 6.13. The Kier molecular flexibility index (Phi) is 11.4. The van der Waals surface area contributed by atoms with Gasteiger partial charge in [0.2, 0.25) is 5.91 Å². The van der Waals surface area contributed by atoms with Gasteiger partial charge in [-0.2, -0.15) is 30.0 Å². The summed E-state index contributed by atoms with van der Waals surface area (Å²) in [6.45, 7) is 7.26. The molecule has 1 aromatic carbocycles. The van der Waals surface area contributed by atoms with Gasteiger partial charge in [0.15, 0.2) is 0 Å². The van der Waals surface area contributed by atoms with Gasteiger partial charge in [-0.25, -0.2) is 0 Å². The molecule has 1 aromatic heterocycles. The zero-order valence-corrected chi connectivity index (χ0v) is 26.4. The number of alkyl halides is 3. The van der Waals surface area contributed by atoms with Gasteiger partial charge in [-0.05, 0) is 44.3 Å². The third-order valence-electron chi connectivity index (χ3n) is 8.39. The van der Waals surface area contributed by atoms with Crippen molar-refractivity contribution in [1.29, 1.82) is 0 Å². The van der Waals surface area contributed by atoms with Crippen molar-refractivity contribution in [3.05, 3.63) is 35.0 Å². The zero-order chi connectivity index (χ0) is 30.4. The van der Waals surface area contributed by atoms with Crippen molar-refractivity contribution >= 4 is 29.4 Å². The maximum Gasteiger partial charge on any atom is 0.417 e. The summed E-state index contributed by atoms with van der Waals surface area (Å²) in [6.07, 6.45) is 0.864. The lowest BCUT2D eigenvalue weighted by atomic mass is 9.99. The summed E-state index contributed by atoms with van der Waals surface area (Å²) in [5.74, 6) is 0.935. The predicted octanol–water partition coefficient (Wildman–Crippen LogP) is 4.09. The Morgan fingerprint density at radius 2 is 1.84 bits per heavy atom. The van der Waals surface area contributed by atoms with E-state index in [4.69, 9.17) is 9.84 Å². The number of ether oxygens (including phenoxy) is 1. The van der Waals surface area contributed by atoms with Crippen LogP contribution in [0.15, 0.2) is 23.1 Å². The van der Waals surface area contributed by atoms with Crippen LogP contribution in [-0.4, -0.2) is 118 Å². The van der Waals surface area contributed by atoms with Crippen LogP contribution in [0.1, 0.15) is 36.1 Å². The standard InChI is InChI=1S/C30H42F3N5O3S2/c1-42-21-28(40)37-10-7-26-24(20-37)29(34-38(26)19-23(39)18-36-8-3-2-4-9-36)22-5-6-25(30(31,32)33)27(17-22)43-16-13-35-11-14-41-15-12-35/h5-6,17,23,39H,2-4,7-16,18-21H2,1H3. The van der Waals surface area contributed by atoms with Gasteiger partial charge >= 0.3 is 6.18 Å². The summed E-state index contributed by atoms with van der Waals surface area (Å²) in [4.78, 5) is 19.3. The molecule has 1 atom stereocenters. The monoisotopic (exact) mass is 641 g/mol. The molecule has 238 valence electrons.